The number of nitrogens with zero attached hydrogens (tertiary/aromatic N) is 1. The maximum Gasteiger partial charge on any atom is 0.123 e. The number of rotatable bonds is 9. The quantitative estimate of drug-likeness (QED) is 0.366. The van der Waals surface area contributed by atoms with Crippen LogP contribution in [0.15, 0.2) is 60.8 Å². The average Bonchev–Trinajstić information content (AvgIpc) is 2.74. The van der Waals surface area contributed by atoms with Gasteiger partial charge in [0, 0.05) is 18.3 Å². The number of phenolic OH excluding ortho intramolecular Hbond substituents is 2. The molecule has 0 aliphatic carbocycles. The van der Waals surface area contributed by atoms with Crippen molar-refractivity contribution in [2.45, 2.75) is 20.8 Å². The highest BCUT2D eigenvalue weighted by Crippen LogP contribution is 2.23. The molecule has 0 atom stereocenters. The maximum absolute atomic E-state index is 9.45. The van der Waals surface area contributed by atoms with Crippen molar-refractivity contribution in [3.63, 3.8) is 0 Å². The number of aryl methyl sites for hydroxylation is 2. The summed E-state index contributed by atoms with van der Waals surface area (Å²) in [6.07, 6.45) is 7.03. The summed E-state index contributed by atoms with van der Waals surface area (Å²) in [5.41, 5.74) is 1.65. The van der Waals surface area contributed by atoms with Crippen molar-refractivity contribution in [2.24, 2.45) is 0 Å². The minimum atomic E-state index is -0.252. The first kappa shape index (κ1) is 24.9. The van der Waals surface area contributed by atoms with E-state index in [-0.39, 0.29) is 25.0 Å². The third-order valence-corrected chi connectivity index (χ3v) is 3.97. The molecule has 0 aliphatic rings. The fraction of sp³-hybridized carbons (Fsp3) is 0.304. The van der Waals surface area contributed by atoms with Gasteiger partial charge in [-0.15, -0.1) is 0 Å². The third-order valence-electron chi connectivity index (χ3n) is 3.97. The fourth-order valence-corrected chi connectivity index (χ4v) is 2.07. The van der Waals surface area contributed by atoms with Gasteiger partial charge >= 0.3 is 0 Å². The van der Waals surface area contributed by atoms with Crippen molar-refractivity contribution in [3.05, 3.63) is 72.0 Å². The molecule has 0 bridgehead atoms. The molecule has 0 saturated heterocycles. The highest BCUT2D eigenvalue weighted by molar-refractivity contribution is 5.39. The van der Waals surface area contributed by atoms with Gasteiger partial charge in [0.1, 0.15) is 49.7 Å². The second-order valence-corrected chi connectivity index (χ2v) is 6.34. The van der Waals surface area contributed by atoms with E-state index in [9.17, 15) is 10.2 Å². The van der Waals surface area contributed by atoms with Crippen molar-refractivity contribution in [1.82, 2.24) is 4.90 Å². The van der Waals surface area contributed by atoms with Crippen molar-refractivity contribution >= 4 is 0 Å². The lowest BCUT2D eigenvalue weighted by atomic mass is 10.2. The zero-order valence-electron chi connectivity index (χ0n) is 17.7. The van der Waals surface area contributed by atoms with Gasteiger partial charge in [0.05, 0.1) is 0 Å². The maximum atomic E-state index is 9.45. The molecule has 7 heteroatoms. The lowest BCUT2D eigenvalue weighted by Crippen LogP contribution is -2.19. The molecule has 0 aliphatic heterocycles. The predicted octanol–water partition coefficient (Wildman–Crippen LogP) is 3.45. The summed E-state index contributed by atoms with van der Waals surface area (Å²) in [5, 5.41) is 36.3. The van der Waals surface area contributed by atoms with Gasteiger partial charge < -0.3 is 34.8 Å². The Balaban J connectivity index is 0.000000311. The monoisotopic (exact) mass is 417 g/mol. The van der Waals surface area contributed by atoms with E-state index < -0.39 is 0 Å². The number of aliphatic hydroxyl groups excluding tert-OH is 2. The Kier molecular flexibility index (Phi) is 11.5. The number of hydrogen-bond acceptors (Lipinski definition) is 7. The Morgan fingerprint density at radius 1 is 0.800 bits per heavy atom. The average molecular weight is 418 g/mol. The van der Waals surface area contributed by atoms with Gasteiger partial charge in [-0.1, -0.05) is 24.3 Å². The van der Waals surface area contributed by atoms with E-state index in [4.69, 9.17) is 19.7 Å². The van der Waals surface area contributed by atoms with E-state index in [0.717, 1.165) is 11.1 Å². The number of phenols is 2. The summed E-state index contributed by atoms with van der Waals surface area (Å²) >= 11 is 0. The van der Waals surface area contributed by atoms with Gasteiger partial charge in [-0.25, -0.2) is 0 Å². The van der Waals surface area contributed by atoms with Crippen molar-refractivity contribution in [2.75, 3.05) is 26.7 Å². The number of aliphatic hydroxyl groups is 2. The van der Waals surface area contributed by atoms with E-state index in [2.05, 4.69) is 0 Å². The molecule has 0 radical (unpaired) electrons. The van der Waals surface area contributed by atoms with Crippen LogP contribution in [-0.4, -0.2) is 52.0 Å². The van der Waals surface area contributed by atoms with Crippen molar-refractivity contribution < 1.29 is 29.9 Å². The van der Waals surface area contributed by atoms with Crippen LogP contribution in [0.3, 0.4) is 0 Å². The second-order valence-electron chi connectivity index (χ2n) is 6.34. The molecular weight excluding hydrogens is 386 g/mol. The lowest BCUT2D eigenvalue weighted by molar-refractivity contribution is 0.0680. The van der Waals surface area contributed by atoms with E-state index in [0.29, 0.717) is 24.7 Å². The smallest absolute Gasteiger partial charge is 0.123 e. The number of ether oxygens (including phenoxy) is 2. The van der Waals surface area contributed by atoms with E-state index in [1.54, 1.807) is 37.3 Å². The number of aromatic hydroxyl groups is 2. The minimum Gasteiger partial charge on any atom is -0.508 e. The van der Waals surface area contributed by atoms with Crippen LogP contribution in [0.1, 0.15) is 18.1 Å². The zero-order chi connectivity index (χ0) is 22.4. The molecule has 0 saturated carbocycles. The largest absolute Gasteiger partial charge is 0.508 e. The summed E-state index contributed by atoms with van der Waals surface area (Å²) in [6, 6.07) is 10.4. The molecule has 0 fully saturated rings. The van der Waals surface area contributed by atoms with Gasteiger partial charge in [0.2, 0.25) is 0 Å². The Bertz CT molecular complexity index is 815. The Hall–Kier alpha value is -3.16. The first-order valence-electron chi connectivity index (χ1n) is 9.49. The van der Waals surface area contributed by atoms with Gasteiger partial charge in [0.25, 0.3) is 0 Å². The Labute approximate surface area is 177 Å². The Morgan fingerprint density at radius 2 is 1.27 bits per heavy atom. The highest BCUT2D eigenvalue weighted by Gasteiger charge is 1.99. The van der Waals surface area contributed by atoms with Crippen LogP contribution >= 0.6 is 0 Å². The van der Waals surface area contributed by atoms with Crippen LogP contribution < -0.4 is 9.47 Å². The molecule has 0 amide bonds. The van der Waals surface area contributed by atoms with E-state index in [1.165, 1.54) is 11.1 Å². The third kappa shape index (κ3) is 9.36. The molecule has 0 heterocycles. The summed E-state index contributed by atoms with van der Waals surface area (Å²) in [5.74, 6) is 1.73. The van der Waals surface area contributed by atoms with Crippen LogP contribution in [-0.2, 0) is 0 Å². The summed E-state index contributed by atoms with van der Waals surface area (Å²) in [7, 11) is 0. The Morgan fingerprint density at radius 3 is 1.67 bits per heavy atom. The second kappa shape index (κ2) is 13.9. The van der Waals surface area contributed by atoms with Crippen molar-refractivity contribution in [3.8, 4) is 23.0 Å². The molecule has 0 aromatic heterocycles. The van der Waals surface area contributed by atoms with Gasteiger partial charge in [-0.3, -0.25) is 0 Å². The molecule has 2 rings (SSSR count). The molecule has 2 aromatic rings. The molecular formula is C23H31NO6. The van der Waals surface area contributed by atoms with Gasteiger partial charge in [0.15, 0.2) is 0 Å². The first-order chi connectivity index (χ1) is 14.4. The molecule has 2 aromatic carbocycles. The fourth-order valence-electron chi connectivity index (χ4n) is 2.07. The molecule has 4 N–H and O–H groups in total. The van der Waals surface area contributed by atoms with E-state index in [1.807, 2.05) is 38.1 Å². The summed E-state index contributed by atoms with van der Waals surface area (Å²) in [6.45, 7) is 5.93. The number of allylic oxidation sites excluding steroid dienone is 1. The normalized spacial score (nSPS) is 10.7. The van der Waals surface area contributed by atoms with E-state index >= 15 is 0 Å². The molecule has 0 unspecified atom stereocenters. The van der Waals surface area contributed by atoms with Gasteiger partial charge in [-0.05, 0) is 50.1 Å². The van der Waals surface area contributed by atoms with Crippen LogP contribution in [0, 0.1) is 13.8 Å². The van der Waals surface area contributed by atoms with Gasteiger partial charge in [-0.2, -0.15) is 0 Å². The molecule has 7 nitrogen and oxygen atoms in total. The highest BCUT2D eigenvalue weighted by atomic mass is 16.5. The minimum absolute atomic E-state index is 0.193. The predicted molar refractivity (Wildman–Crippen MR) is 117 cm³/mol. The lowest BCUT2D eigenvalue weighted by Gasteiger charge is -2.12. The number of benzene rings is 2. The van der Waals surface area contributed by atoms with Crippen LogP contribution in [0.25, 0.3) is 0 Å². The summed E-state index contributed by atoms with van der Waals surface area (Å²) in [4.78, 5) is 1.30. The van der Waals surface area contributed by atoms with Crippen LogP contribution in [0.2, 0.25) is 0 Å². The molecule has 0 spiro atoms. The topological polar surface area (TPSA) is 103 Å². The van der Waals surface area contributed by atoms with Crippen molar-refractivity contribution in [1.29, 1.82) is 0 Å². The summed E-state index contributed by atoms with van der Waals surface area (Å²) < 4.78 is 10.7. The standard InChI is InChI=1S/C12H17NO4.C11H14O2/c1-10-3-4-11(7-12(10)16)17-6-2-5-13(8-14)9-15;1-3-4-7-13-10-6-5-9(2)11(12)8-10/h2-5,7,14-16H,6,8-9H2,1H3;3-6,8,12H,7H2,1-2H3. The number of hydrogen-bond donors (Lipinski definition) is 4. The SMILES string of the molecule is CC=CCOc1ccc(C)c(O)c1.Cc1ccc(OCC=CN(CO)CO)cc1O. The van der Waals surface area contributed by atoms with Crippen LogP contribution in [0.5, 0.6) is 23.0 Å². The molecule has 30 heavy (non-hydrogen) atoms. The first-order valence-corrected chi connectivity index (χ1v) is 9.49. The molecule has 164 valence electrons. The zero-order valence-corrected chi connectivity index (χ0v) is 17.7. The van der Waals surface area contributed by atoms with Crippen LogP contribution in [0.4, 0.5) is 0 Å².